The molecule has 0 aliphatic rings. The monoisotopic (exact) mass is 417 g/mol. The lowest BCUT2D eigenvalue weighted by atomic mass is 10.0. The Bertz CT molecular complexity index is 1390. The number of carbonyl (C=O) groups excluding carboxylic acids is 1. The Morgan fingerprint density at radius 2 is 1.90 bits per heavy atom. The highest BCUT2D eigenvalue weighted by molar-refractivity contribution is 6.02. The van der Waals surface area contributed by atoms with E-state index in [0.717, 1.165) is 33.3 Å². The van der Waals surface area contributed by atoms with Crippen LogP contribution in [-0.4, -0.2) is 38.5 Å². The van der Waals surface area contributed by atoms with Gasteiger partial charge in [-0.2, -0.15) is 5.10 Å². The average molecular weight is 417 g/mol. The van der Waals surface area contributed by atoms with Crippen molar-refractivity contribution in [2.75, 3.05) is 6.54 Å². The second-order valence-corrected chi connectivity index (χ2v) is 7.09. The zero-order valence-electron chi connectivity index (χ0n) is 16.2. The molecule has 0 spiro atoms. The molecular formula is C23H17F2N5O. The lowest BCUT2D eigenvalue weighted by Crippen LogP contribution is -2.28. The van der Waals surface area contributed by atoms with Crippen molar-refractivity contribution >= 4 is 22.5 Å². The van der Waals surface area contributed by atoms with Crippen molar-refractivity contribution in [1.82, 2.24) is 24.9 Å². The number of aromatic amines is 1. The molecule has 0 aliphatic carbocycles. The SMILES string of the molecule is O=C(NCC(F)F)c1cnn2ccc(-c3c[nH]c4ncc(-c5ccccc5)cc34)cc12. The Kier molecular flexibility index (Phi) is 4.66. The fourth-order valence-corrected chi connectivity index (χ4v) is 3.62. The van der Waals surface area contributed by atoms with Gasteiger partial charge in [0.2, 0.25) is 0 Å². The number of benzene rings is 1. The topological polar surface area (TPSA) is 75.1 Å². The molecule has 154 valence electrons. The molecule has 5 rings (SSSR count). The van der Waals surface area contributed by atoms with Crippen LogP contribution in [-0.2, 0) is 0 Å². The number of amides is 1. The summed E-state index contributed by atoms with van der Waals surface area (Å²) in [7, 11) is 0. The lowest BCUT2D eigenvalue weighted by molar-refractivity contribution is 0.0893. The van der Waals surface area contributed by atoms with Crippen LogP contribution < -0.4 is 5.32 Å². The predicted octanol–water partition coefficient (Wildman–Crippen LogP) is 4.54. The minimum Gasteiger partial charge on any atom is -0.346 e. The standard InChI is InChI=1S/C23H17F2N5O/c24-21(25)13-28-23(31)19-12-29-30-7-6-15(9-20(19)30)18-11-27-22-17(18)8-16(10-26-22)14-4-2-1-3-5-14/h1-12,21H,13H2,(H,26,27)(H,28,31). The maximum Gasteiger partial charge on any atom is 0.255 e. The summed E-state index contributed by atoms with van der Waals surface area (Å²) in [4.78, 5) is 20.0. The zero-order valence-corrected chi connectivity index (χ0v) is 16.2. The Morgan fingerprint density at radius 1 is 1.06 bits per heavy atom. The van der Waals surface area contributed by atoms with Crippen LogP contribution in [0, 0.1) is 0 Å². The first-order valence-corrected chi connectivity index (χ1v) is 9.67. The highest BCUT2D eigenvalue weighted by atomic mass is 19.3. The van der Waals surface area contributed by atoms with Crippen LogP contribution >= 0.6 is 0 Å². The van der Waals surface area contributed by atoms with Gasteiger partial charge >= 0.3 is 0 Å². The van der Waals surface area contributed by atoms with E-state index < -0.39 is 18.9 Å². The molecule has 0 aliphatic heterocycles. The smallest absolute Gasteiger partial charge is 0.255 e. The number of hydrogen-bond acceptors (Lipinski definition) is 3. The summed E-state index contributed by atoms with van der Waals surface area (Å²) in [6.45, 7) is -0.702. The second kappa shape index (κ2) is 7.64. The van der Waals surface area contributed by atoms with E-state index in [9.17, 15) is 13.6 Å². The third kappa shape index (κ3) is 3.52. The minimum atomic E-state index is -2.61. The number of alkyl halides is 2. The maximum absolute atomic E-state index is 12.5. The van der Waals surface area contributed by atoms with E-state index in [4.69, 9.17) is 0 Å². The molecule has 0 unspecified atom stereocenters. The van der Waals surface area contributed by atoms with E-state index in [-0.39, 0.29) is 5.56 Å². The van der Waals surface area contributed by atoms with E-state index in [1.54, 1.807) is 10.7 Å². The van der Waals surface area contributed by atoms with Crippen LogP contribution in [0.1, 0.15) is 10.4 Å². The summed E-state index contributed by atoms with van der Waals surface area (Å²) in [5.41, 5.74) is 5.35. The molecule has 0 atom stereocenters. The number of pyridine rings is 2. The number of nitrogens with one attached hydrogen (secondary N) is 2. The highest BCUT2D eigenvalue weighted by Crippen LogP contribution is 2.32. The van der Waals surface area contributed by atoms with Gasteiger partial charge in [-0.15, -0.1) is 0 Å². The van der Waals surface area contributed by atoms with Crippen LogP contribution in [0.4, 0.5) is 8.78 Å². The fraction of sp³-hybridized carbons (Fsp3) is 0.0870. The summed E-state index contributed by atoms with van der Waals surface area (Å²) >= 11 is 0. The number of hydrogen-bond donors (Lipinski definition) is 2. The Balaban J connectivity index is 1.57. The molecule has 8 heteroatoms. The summed E-state index contributed by atoms with van der Waals surface area (Å²) in [6.07, 6.45) is 4.19. The highest BCUT2D eigenvalue weighted by Gasteiger charge is 2.16. The number of halogens is 2. The molecule has 1 amide bonds. The summed E-state index contributed by atoms with van der Waals surface area (Å²) in [5.74, 6) is -0.584. The number of carbonyl (C=O) groups is 1. The normalized spacial score (nSPS) is 11.5. The zero-order chi connectivity index (χ0) is 21.4. The molecule has 1 aromatic carbocycles. The van der Waals surface area contributed by atoms with Gasteiger partial charge in [0.05, 0.1) is 23.8 Å². The molecule has 0 bridgehead atoms. The molecule has 6 nitrogen and oxygen atoms in total. The molecule has 4 aromatic heterocycles. The fourth-order valence-electron chi connectivity index (χ4n) is 3.62. The number of H-pyrrole nitrogens is 1. The van der Waals surface area contributed by atoms with Crippen LogP contribution in [0.3, 0.4) is 0 Å². The molecule has 4 heterocycles. The summed E-state index contributed by atoms with van der Waals surface area (Å²) < 4.78 is 26.5. The first-order chi connectivity index (χ1) is 15.1. The summed E-state index contributed by atoms with van der Waals surface area (Å²) in [6, 6.07) is 15.8. The number of fused-ring (bicyclic) bond motifs is 2. The van der Waals surface area contributed by atoms with Crippen LogP contribution in [0.5, 0.6) is 0 Å². The largest absolute Gasteiger partial charge is 0.346 e. The molecule has 5 aromatic rings. The first-order valence-electron chi connectivity index (χ1n) is 9.67. The van der Waals surface area contributed by atoms with Gasteiger partial charge in [-0.1, -0.05) is 30.3 Å². The van der Waals surface area contributed by atoms with Crippen LogP contribution in [0.2, 0.25) is 0 Å². The van der Waals surface area contributed by atoms with Gasteiger partial charge in [-0.05, 0) is 29.3 Å². The molecule has 2 N–H and O–H groups in total. The van der Waals surface area contributed by atoms with E-state index in [1.807, 2.05) is 54.9 Å². The maximum atomic E-state index is 12.5. The van der Waals surface area contributed by atoms with Crippen molar-refractivity contribution in [3.63, 3.8) is 0 Å². The van der Waals surface area contributed by atoms with E-state index in [1.165, 1.54) is 6.20 Å². The Morgan fingerprint density at radius 3 is 2.71 bits per heavy atom. The van der Waals surface area contributed by atoms with Crippen LogP contribution in [0.15, 0.2) is 73.3 Å². The lowest BCUT2D eigenvalue weighted by Gasteiger charge is -2.06. The predicted molar refractivity (Wildman–Crippen MR) is 114 cm³/mol. The average Bonchev–Trinajstić information content (AvgIpc) is 3.41. The van der Waals surface area contributed by atoms with Crippen molar-refractivity contribution in [3.8, 4) is 22.3 Å². The van der Waals surface area contributed by atoms with Crippen molar-refractivity contribution in [2.45, 2.75) is 6.43 Å². The first kappa shape index (κ1) is 18.9. The number of nitrogens with zero attached hydrogens (tertiary/aromatic N) is 3. The van der Waals surface area contributed by atoms with E-state index in [2.05, 4.69) is 26.4 Å². The third-order valence-corrected chi connectivity index (χ3v) is 5.13. The van der Waals surface area contributed by atoms with Crippen molar-refractivity contribution in [1.29, 1.82) is 0 Å². The van der Waals surface area contributed by atoms with Crippen molar-refractivity contribution < 1.29 is 13.6 Å². The van der Waals surface area contributed by atoms with Gasteiger partial charge in [0.25, 0.3) is 12.3 Å². The Hall–Kier alpha value is -4.07. The molecule has 0 saturated carbocycles. The quantitative estimate of drug-likeness (QED) is 0.441. The van der Waals surface area contributed by atoms with Crippen molar-refractivity contribution in [3.05, 3.63) is 78.9 Å². The van der Waals surface area contributed by atoms with Gasteiger partial charge in [-0.25, -0.2) is 18.3 Å². The van der Waals surface area contributed by atoms with Gasteiger partial charge in [0, 0.05) is 35.1 Å². The van der Waals surface area contributed by atoms with Gasteiger partial charge in [0.15, 0.2) is 0 Å². The molecule has 0 radical (unpaired) electrons. The van der Waals surface area contributed by atoms with Gasteiger partial charge < -0.3 is 10.3 Å². The minimum absolute atomic E-state index is 0.241. The number of aromatic nitrogens is 4. The molecule has 0 saturated heterocycles. The third-order valence-electron chi connectivity index (χ3n) is 5.13. The molecule has 31 heavy (non-hydrogen) atoms. The summed E-state index contributed by atoms with van der Waals surface area (Å²) in [5, 5.41) is 7.32. The van der Waals surface area contributed by atoms with Gasteiger partial charge in [0.1, 0.15) is 5.65 Å². The van der Waals surface area contributed by atoms with E-state index >= 15 is 0 Å². The number of rotatable bonds is 5. The van der Waals surface area contributed by atoms with Crippen molar-refractivity contribution in [2.24, 2.45) is 0 Å². The van der Waals surface area contributed by atoms with E-state index in [0.29, 0.717) is 5.52 Å². The van der Waals surface area contributed by atoms with Crippen LogP contribution in [0.25, 0.3) is 38.8 Å². The van der Waals surface area contributed by atoms with Gasteiger partial charge in [-0.3, -0.25) is 4.79 Å². The molecular weight excluding hydrogens is 400 g/mol. The Labute approximate surface area is 175 Å². The molecule has 0 fully saturated rings. The second-order valence-electron chi connectivity index (χ2n) is 7.09.